The van der Waals surface area contributed by atoms with E-state index in [9.17, 15) is 4.79 Å². The molecule has 0 saturated carbocycles. The van der Waals surface area contributed by atoms with Crippen molar-refractivity contribution in [3.63, 3.8) is 0 Å². The van der Waals surface area contributed by atoms with Crippen LogP contribution < -0.4 is 10.1 Å². The maximum absolute atomic E-state index is 12.4. The van der Waals surface area contributed by atoms with Crippen LogP contribution in [0.15, 0.2) is 48.5 Å². The summed E-state index contributed by atoms with van der Waals surface area (Å²) in [5.74, 6) is 0.543. The van der Waals surface area contributed by atoms with Gasteiger partial charge in [0.05, 0.1) is 0 Å². The van der Waals surface area contributed by atoms with E-state index < -0.39 is 6.10 Å². The van der Waals surface area contributed by atoms with E-state index in [1.165, 1.54) is 31.5 Å². The number of halogens is 1. The van der Waals surface area contributed by atoms with Gasteiger partial charge in [0.1, 0.15) is 5.75 Å². The molecule has 0 aliphatic carbocycles. The fourth-order valence-corrected chi connectivity index (χ4v) is 3.39. The predicted molar refractivity (Wildman–Crippen MR) is 109 cm³/mol. The van der Waals surface area contributed by atoms with Gasteiger partial charge in [-0.05, 0) is 67.7 Å². The number of hydrogen-bond acceptors (Lipinski definition) is 3. The highest BCUT2D eigenvalue weighted by Crippen LogP contribution is 2.18. The summed E-state index contributed by atoms with van der Waals surface area (Å²) in [6.45, 7) is 5.85. The second-order valence-electron chi connectivity index (χ2n) is 6.99. The lowest BCUT2D eigenvalue weighted by Crippen LogP contribution is -2.37. The molecule has 1 saturated heterocycles. The Balaban J connectivity index is 1.48. The Morgan fingerprint density at radius 3 is 2.33 bits per heavy atom. The normalized spacial score (nSPS) is 15.5. The number of carbonyl (C=O) groups is 1. The van der Waals surface area contributed by atoms with Crippen LogP contribution >= 0.6 is 11.6 Å². The summed E-state index contributed by atoms with van der Waals surface area (Å²) < 4.78 is 5.79. The molecule has 5 heteroatoms. The van der Waals surface area contributed by atoms with Crippen LogP contribution in [-0.2, 0) is 17.9 Å². The van der Waals surface area contributed by atoms with Crippen molar-refractivity contribution in [3.05, 3.63) is 64.7 Å². The summed E-state index contributed by atoms with van der Waals surface area (Å²) in [5.41, 5.74) is 2.42. The van der Waals surface area contributed by atoms with Crippen molar-refractivity contribution in [2.75, 3.05) is 13.1 Å². The van der Waals surface area contributed by atoms with E-state index in [2.05, 4.69) is 34.5 Å². The quantitative estimate of drug-likeness (QED) is 0.730. The van der Waals surface area contributed by atoms with E-state index in [0.29, 0.717) is 23.7 Å². The third-order valence-electron chi connectivity index (χ3n) is 4.85. The van der Waals surface area contributed by atoms with Crippen molar-refractivity contribution < 1.29 is 9.53 Å². The zero-order chi connectivity index (χ0) is 19.1. The van der Waals surface area contributed by atoms with Crippen LogP contribution in [-0.4, -0.2) is 30.0 Å². The Labute approximate surface area is 166 Å². The first-order valence-corrected chi connectivity index (χ1v) is 10.0. The van der Waals surface area contributed by atoms with E-state index >= 15 is 0 Å². The van der Waals surface area contributed by atoms with Gasteiger partial charge in [-0.25, -0.2) is 0 Å². The highest BCUT2D eigenvalue weighted by atomic mass is 35.5. The standard InChI is InChI=1S/C22H27ClN2O2/c1-2-21(27-20-11-9-19(23)10-12-20)22(26)24-15-17-5-7-18(8-6-17)16-25-13-3-4-14-25/h5-12,21H,2-4,13-16H2,1H3,(H,24,26)/t21-/m1/s1. The molecule has 27 heavy (non-hydrogen) atoms. The monoisotopic (exact) mass is 386 g/mol. The second kappa shape index (κ2) is 9.77. The molecule has 0 bridgehead atoms. The number of rotatable bonds is 8. The first-order valence-electron chi connectivity index (χ1n) is 9.64. The lowest BCUT2D eigenvalue weighted by molar-refractivity contribution is -0.128. The lowest BCUT2D eigenvalue weighted by Gasteiger charge is -2.18. The van der Waals surface area contributed by atoms with E-state index in [1.807, 2.05) is 6.92 Å². The van der Waals surface area contributed by atoms with Crippen LogP contribution in [0.3, 0.4) is 0 Å². The van der Waals surface area contributed by atoms with Crippen molar-refractivity contribution in [2.45, 2.75) is 45.4 Å². The van der Waals surface area contributed by atoms with Gasteiger partial charge in [-0.2, -0.15) is 0 Å². The molecule has 1 heterocycles. The summed E-state index contributed by atoms with van der Waals surface area (Å²) >= 11 is 5.88. The minimum absolute atomic E-state index is 0.103. The van der Waals surface area contributed by atoms with Crippen LogP contribution in [0.1, 0.15) is 37.3 Å². The largest absolute Gasteiger partial charge is 0.481 e. The Morgan fingerprint density at radius 2 is 1.70 bits per heavy atom. The molecular weight excluding hydrogens is 360 g/mol. The molecule has 4 nitrogen and oxygen atoms in total. The van der Waals surface area contributed by atoms with Gasteiger partial charge in [0, 0.05) is 18.1 Å². The predicted octanol–water partition coefficient (Wildman–Crippen LogP) is 4.41. The van der Waals surface area contributed by atoms with Crippen LogP contribution in [0.4, 0.5) is 0 Å². The highest BCUT2D eigenvalue weighted by molar-refractivity contribution is 6.30. The summed E-state index contributed by atoms with van der Waals surface area (Å²) in [7, 11) is 0. The first-order chi connectivity index (χ1) is 13.1. The van der Waals surface area contributed by atoms with Gasteiger partial charge in [0.2, 0.25) is 0 Å². The Kier molecular flexibility index (Phi) is 7.13. The average molecular weight is 387 g/mol. The third kappa shape index (κ3) is 5.98. The van der Waals surface area contributed by atoms with Gasteiger partial charge in [0.15, 0.2) is 6.10 Å². The smallest absolute Gasteiger partial charge is 0.261 e. The van der Waals surface area contributed by atoms with Gasteiger partial charge < -0.3 is 10.1 Å². The summed E-state index contributed by atoms with van der Waals surface area (Å²) in [6, 6.07) is 15.5. The number of benzene rings is 2. The van der Waals surface area contributed by atoms with Gasteiger partial charge >= 0.3 is 0 Å². The second-order valence-corrected chi connectivity index (χ2v) is 7.42. The fraction of sp³-hybridized carbons (Fsp3) is 0.409. The maximum atomic E-state index is 12.4. The van der Waals surface area contributed by atoms with Crippen molar-refractivity contribution in [1.29, 1.82) is 0 Å². The number of amides is 1. The number of carbonyl (C=O) groups excluding carboxylic acids is 1. The van der Waals surface area contributed by atoms with E-state index in [4.69, 9.17) is 16.3 Å². The fourth-order valence-electron chi connectivity index (χ4n) is 3.26. The molecule has 0 radical (unpaired) electrons. The summed E-state index contributed by atoms with van der Waals surface area (Å²) in [4.78, 5) is 14.9. The van der Waals surface area contributed by atoms with Crippen molar-refractivity contribution in [1.82, 2.24) is 10.2 Å². The van der Waals surface area contributed by atoms with Gasteiger partial charge in [0.25, 0.3) is 5.91 Å². The third-order valence-corrected chi connectivity index (χ3v) is 5.10. The maximum Gasteiger partial charge on any atom is 0.261 e. The molecule has 0 aromatic heterocycles. The number of likely N-dealkylation sites (tertiary alicyclic amines) is 1. The topological polar surface area (TPSA) is 41.6 Å². The number of nitrogens with zero attached hydrogens (tertiary/aromatic N) is 1. The number of nitrogens with one attached hydrogen (secondary N) is 1. The molecule has 1 fully saturated rings. The highest BCUT2D eigenvalue weighted by Gasteiger charge is 2.18. The summed E-state index contributed by atoms with van der Waals surface area (Å²) in [5, 5.41) is 3.62. The number of ether oxygens (including phenoxy) is 1. The van der Waals surface area contributed by atoms with Crippen molar-refractivity contribution in [2.24, 2.45) is 0 Å². The molecule has 1 amide bonds. The SMILES string of the molecule is CC[C@@H](Oc1ccc(Cl)cc1)C(=O)NCc1ccc(CN2CCCC2)cc1. The molecule has 2 aromatic carbocycles. The Morgan fingerprint density at radius 1 is 1.07 bits per heavy atom. The van der Waals surface area contributed by atoms with Crippen LogP contribution in [0.5, 0.6) is 5.75 Å². The van der Waals surface area contributed by atoms with E-state index in [0.717, 1.165) is 12.1 Å². The molecule has 0 unspecified atom stereocenters. The molecular formula is C22H27ClN2O2. The Hall–Kier alpha value is -2.04. The first kappa shape index (κ1) is 19.7. The average Bonchev–Trinajstić information content (AvgIpc) is 3.20. The Bertz CT molecular complexity index is 725. The van der Waals surface area contributed by atoms with Crippen LogP contribution in [0.25, 0.3) is 0 Å². The minimum atomic E-state index is -0.513. The number of hydrogen-bond donors (Lipinski definition) is 1. The molecule has 1 atom stereocenters. The molecule has 2 aromatic rings. The zero-order valence-electron chi connectivity index (χ0n) is 15.8. The lowest BCUT2D eigenvalue weighted by atomic mass is 10.1. The van der Waals surface area contributed by atoms with Crippen molar-refractivity contribution in [3.8, 4) is 5.75 Å². The van der Waals surface area contributed by atoms with E-state index in [1.54, 1.807) is 24.3 Å². The van der Waals surface area contributed by atoms with Gasteiger partial charge in [-0.15, -0.1) is 0 Å². The van der Waals surface area contributed by atoms with Crippen LogP contribution in [0, 0.1) is 0 Å². The molecule has 1 N–H and O–H groups in total. The van der Waals surface area contributed by atoms with Crippen LogP contribution in [0.2, 0.25) is 5.02 Å². The molecule has 1 aliphatic rings. The summed E-state index contributed by atoms with van der Waals surface area (Å²) in [6.07, 6.45) is 2.70. The van der Waals surface area contributed by atoms with Crippen molar-refractivity contribution >= 4 is 17.5 Å². The molecule has 1 aliphatic heterocycles. The zero-order valence-corrected chi connectivity index (χ0v) is 16.5. The van der Waals surface area contributed by atoms with Gasteiger partial charge in [-0.3, -0.25) is 9.69 Å². The molecule has 0 spiro atoms. The minimum Gasteiger partial charge on any atom is -0.481 e. The van der Waals surface area contributed by atoms with Gasteiger partial charge in [-0.1, -0.05) is 42.8 Å². The van der Waals surface area contributed by atoms with E-state index in [-0.39, 0.29) is 5.91 Å². The molecule has 144 valence electrons. The molecule has 3 rings (SSSR count).